The Morgan fingerprint density at radius 1 is 1.00 bits per heavy atom. The van der Waals surface area contributed by atoms with E-state index in [1.165, 1.54) is 17.0 Å². The van der Waals surface area contributed by atoms with Crippen molar-refractivity contribution in [1.29, 1.82) is 0 Å². The van der Waals surface area contributed by atoms with Crippen LogP contribution in [0.2, 0.25) is 0 Å². The molecule has 3 N–H and O–H groups in total. The Balaban J connectivity index is 1.60. The maximum atomic E-state index is 13.5. The number of fused-ring (bicyclic) bond motifs is 1. The quantitative estimate of drug-likeness (QED) is 0.544. The van der Waals surface area contributed by atoms with Crippen LogP contribution in [0.15, 0.2) is 48.5 Å². The summed E-state index contributed by atoms with van der Waals surface area (Å²) < 4.78 is 19.7. The minimum absolute atomic E-state index is 0.160. The van der Waals surface area contributed by atoms with Crippen molar-refractivity contribution in [2.45, 2.75) is 70.0 Å². The second kappa shape index (κ2) is 12.8. The van der Waals surface area contributed by atoms with Crippen LogP contribution in [0.5, 0.6) is 5.75 Å². The van der Waals surface area contributed by atoms with Gasteiger partial charge in [-0.3, -0.25) is 14.4 Å². The number of benzene rings is 2. The first-order valence-corrected chi connectivity index (χ1v) is 14.1. The molecule has 0 unspecified atom stereocenters. The van der Waals surface area contributed by atoms with E-state index in [0.29, 0.717) is 31.7 Å². The van der Waals surface area contributed by atoms with Gasteiger partial charge in [0.05, 0.1) is 6.04 Å². The van der Waals surface area contributed by atoms with E-state index >= 15 is 0 Å². The SMILES string of the molecule is C[C@@H]1C(=O)N[C@H](Cc2ccc(F)cc2)C(=O)NCCC(C)(C)c2ccccc2OCCN[C@@H](C2CC2)C(=O)N1C. The lowest BCUT2D eigenvalue weighted by Crippen LogP contribution is -2.57. The average molecular weight is 553 g/mol. The van der Waals surface area contributed by atoms with Gasteiger partial charge in [0.1, 0.15) is 30.3 Å². The van der Waals surface area contributed by atoms with Crippen molar-refractivity contribution >= 4 is 17.7 Å². The summed E-state index contributed by atoms with van der Waals surface area (Å²) in [5.41, 5.74) is 1.44. The fourth-order valence-corrected chi connectivity index (χ4v) is 5.11. The van der Waals surface area contributed by atoms with E-state index in [4.69, 9.17) is 4.74 Å². The van der Waals surface area contributed by atoms with Crippen LogP contribution in [0.25, 0.3) is 0 Å². The van der Waals surface area contributed by atoms with Crippen molar-refractivity contribution in [3.63, 3.8) is 0 Å². The van der Waals surface area contributed by atoms with Gasteiger partial charge < -0.3 is 25.6 Å². The van der Waals surface area contributed by atoms with Crippen LogP contribution in [0.1, 0.15) is 51.2 Å². The van der Waals surface area contributed by atoms with Crippen LogP contribution in [0, 0.1) is 11.7 Å². The summed E-state index contributed by atoms with van der Waals surface area (Å²) in [7, 11) is 1.62. The number of ether oxygens (including phenoxy) is 1. The van der Waals surface area contributed by atoms with Crippen LogP contribution < -0.4 is 20.7 Å². The average Bonchev–Trinajstić information content (AvgIpc) is 3.77. The molecule has 1 saturated carbocycles. The Morgan fingerprint density at radius 2 is 1.70 bits per heavy atom. The highest BCUT2D eigenvalue weighted by Gasteiger charge is 2.39. The molecule has 0 spiro atoms. The molecule has 9 heteroatoms. The second-order valence-corrected chi connectivity index (χ2v) is 11.6. The highest BCUT2D eigenvalue weighted by Crippen LogP contribution is 2.35. The minimum Gasteiger partial charge on any atom is -0.492 e. The molecule has 0 bridgehead atoms. The van der Waals surface area contributed by atoms with Gasteiger partial charge in [-0.05, 0) is 66.8 Å². The number of amides is 3. The van der Waals surface area contributed by atoms with Crippen LogP contribution in [-0.2, 0) is 26.2 Å². The lowest BCUT2D eigenvalue weighted by molar-refractivity contribution is -0.141. The number of nitrogens with zero attached hydrogens (tertiary/aromatic N) is 1. The summed E-state index contributed by atoms with van der Waals surface area (Å²) in [4.78, 5) is 41.6. The molecule has 0 saturated heterocycles. The van der Waals surface area contributed by atoms with E-state index in [-0.39, 0.29) is 35.4 Å². The molecule has 3 atom stereocenters. The number of halogens is 1. The van der Waals surface area contributed by atoms with Gasteiger partial charge >= 0.3 is 0 Å². The molecule has 1 aliphatic heterocycles. The smallest absolute Gasteiger partial charge is 0.243 e. The van der Waals surface area contributed by atoms with E-state index in [1.54, 1.807) is 26.1 Å². The molecule has 2 aliphatic rings. The molecule has 216 valence electrons. The van der Waals surface area contributed by atoms with Crippen LogP contribution in [0.3, 0.4) is 0 Å². The van der Waals surface area contributed by atoms with Gasteiger partial charge in [0, 0.05) is 26.6 Å². The van der Waals surface area contributed by atoms with E-state index in [1.807, 2.05) is 24.3 Å². The summed E-state index contributed by atoms with van der Waals surface area (Å²) in [6.07, 6.45) is 2.74. The molecule has 2 aromatic rings. The Kier molecular flexibility index (Phi) is 9.45. The monoisotopic (exact) mass is 552 g/mol. The molecule has 1 fully saturated rings. The highest BCUT2D eigenvalue weighted by atomic mass is 19.1. The number of likely N-dealkylation sites (N-methyl/N-ethyl adjacent to an activating group) is 1. The fourth-order valence-electron chi connectivity index (χ4n) is 5.11. The van der Waals surface area contributed by atoms with Gasteiger partial charge in [0.25, 0.3) is 0 Å². The second-order valence-electron chi connectivity index (χ2n) is 11.6. The summed E-state index contributed by atoms with van der Waals surface area (Å²) in [6, 6.07) is 11.7. The van der Waals surface area contributed by atoms with Gasteiger partial charge in [0.2, 0.25) is 17.7 Å². The molecule has 1 heterocycles. The molecular weight excluding hydrogens is 511 g/mol. The van der Waals surface area contributed by atoms with Gasteiger partial charge in [0.15, 0.2) is 0 Å². The fraction of sp³-hybridized carbons (Fsp3) is 0.516. The van der Waals surface area contributed by atoms with Crippen molar-refractivity contribution in [1.82, 2.24) is 20.9 Å². The first-order chi connectivity index (χ1) is 19.1. The van der Waals surface area contributed by atoms with Crippen molar-refractivity contribution < 1.29 is 23.5 Å². The van der Waals surface area contributed by atoms with Gasteiger partial charge in [-0.2, -0.15) is 0 Å². The third-order valence-corrected chi connectivity index (χ3v) is 8.04. The molecule has 3 amide bonds. The zero-order chi connectivity index (χ0) is 28.9. The zero-order valence-electron chi connectivity index (χ0n) is 23.8. The summed E-state index contributed by atoms with van der Waals surface area (Å²) in [5.74, 6) is -0.292. The number of para-hydroxylation sites is 1. The third kappa shape index (κ3) is 7.38. The number of nitrogens with one attached hydrogen (secondary N) is 3. The number of hydrogen-bond donors (Lipinski definition) is 3. The normalized spacial score (nSPS) is 25.1. The minimum atomic E-state index is -0.890. The molecule has 40 heavy (non-hydrogen) atoms. The number of hydrogen-bond acceptors (Lipinski definition) is 5. The lowest BCUT2D eigenvalue weighted by atomic mass is 9.81. The molecule has 4 rings (SSSR count). The van der Waals surface area contributed by atoms with Gasteiger partial charge in [-0.15, -0.1) is 0 Å². The van der Waals surface area contributed by atoms with Crippen LogP contribution >= 0.6 is 0 Å². The molecule has 0 radical (unpaired) electrons. The highest BCUT2D eigenvalue weighted by molar-refractivity contribution is 5.93. The number of carbonyl (C=O) groups is 3. The van der Waals surface area contributed by atoms with Crippen molar-refractivity contribution in [2.24, 2.45) is 5.92 Å². The molecule has 8 nitrogen and oxygen atoms in total. The first-order valence-electron chi connectivity index (χ1n) is 14.1. The maximum absolute atomic E-state index is 13.5. The van der Waals surface area contributed by atoms with Crippen molar-refractivity contribution in [3.8, 4) is 5.75 Å². The van der Waals surface area contributed by atoms with Crippen molar-refractivity contribution in [2.75, 3.05) is 26.7 Å². The zero-order valence-corrected chi connectivity index (χ0v) is 23.8. The number of carbonyl (C=O) groups excluding carboxylic acids is 3. The predicted octanol–water partition coefficient (Wildman–Crippen LogP) is 2.94. The van der Waals surface area contributed by atoms with Gasteiger partial charge in [-0.1, -0.05) is 44.2 Å². The van der Waals surface area contributed by atoms with Crippen molar-refractivity contribution in [3.05, 3.63) is 65.5 Å². The van der Waals surface area contributed by atoms with Crippen LogP contribution in [-0.4, -0.2) is 67.5 Å². The van der Waals surface area contributed by atoms with Gasteiger partial charge in [-0.25, -0.2) is 4.39 Å². The van der Waals surface area contributed by atoms with E-state index in [0.717, 1.165) is 24.2 Å². The summed E-state index contributed by atoms with van der Waals surface area (Å²) in [6.45, 7) is 7.14. The van der Waals surface area contributed by atoms with E-state index < -0.39 is 24.0 Å². The van der Waals surface area contributed by atoms with E-state index in [9.17, 15) is 18.8 Å². The largest absolute Gasteiger partial charge is 0.492 e. The Labute approximate surface area is 236 Å². The first kappa shape index (κ1) is 29.5. The molecule has 1 aliphatic carbocycles. The predicted molar refractivity (Wildman–Crippen MR) is 151 cm³/mol. The standard InChI is InChI=1S/C31H41FN4O4/c1-20-28(37)35-25(19-21-9-13-23(32)14-10-21)29(38)34-16-15-31(2,3)24-7-5-6-8-26(24)40-18-17-33-27(22-11-12-22)30(39)36(20)4/h5-10,13-14,20,22,25,27,33H,11-12,15-19H2,1-4H3,(H,34,38)(H,35,37)/t20-,25-,27+/m1/s1. The summed E-state index contributed by atoms with van der Waals surface area (Å²) >= 11 is 0. The summed E-state index contributed by atoms with van der Waals surface area (Å²) in [5, 5.41) is 9.20. The molecule has 0 aromatic heterocycles. The lowest BCUT2D eigenvalue weighted by Gasteiger charge is -2.31. The Hall–Kier alpha value is -3.46. The van der Waals surface area contributed by atoms with Crippen LogP contribution in [0.4, 0.5) is 4.39 Å². The Morgan fingerprint density at radius 3 is 2.40 bits per heavy atom. The topological polar surface area (TPSA) is 99.8 Å². The number of rotatable bonds is 3. The third-order valence-electron chi connectivity index (χ3n) is 8.04. The molecule has 2 aromatic carbocycles. The molecular formula is C31H41FN4O4. The van der Waals surface area contributed by atoms with E-state index in [2.05, 4.69) is 29.8 Å². The Bertz CT molecular complexity index is 1200. The maximum Gasteiger partial charge on any atom is 0.243 e.